The molecule has 1 fully saturated rings. The SMILES string of the molecule is Cc1[nH]nc(N2CCN(c3ccccc3)CC2)c1C(=O)O. The minimum Gasteiger partial charge on any atom is -0.477 e. The lowest BCUT2D eigenvalue weighted by molar-refractivity contribution is 0.0697. The number of anilines is 2. The molecule has 110 valence electrons. The number of carboxylic acid groups (broad SMARTS) is 1. The first kappa shape index (κ1) is 13.5. The maximum atomic E-state index is 11.3. The number of aromatic carboxylic acids is 1. The largest absolute Gasteiger partial charge is 0.477 e. The van der Waals surface area contributed by atoms with Crippen molar-refractivity contribution in [1.29, 1.82) is 0 Å². The van der Waals surface area contributed by atoms with E-state index in [1.54, 1.807) is 6.92 Å². The Morgan fingerprint density at radius 3 is 2.38 bits per heavy atom. The summed E-state index contributed by atoms with van der Waals surface area (Å²) in [7, 11) is 0. The summed E-state index contributed by atoms with van der Waals surface area (Å²) in [6.07, 6.45) is 0. The van der Waals surface area contributed by atoms with Crippen LogP contribution in [0.4, 0.5) is 11.5 Å². The second-order valence-corrected chi connectivity index (χ2v) is 5.16. The van der Waals surface area contributed by atoms with Crippen LogP contribution in [0.15, 0.2) is 30.3 Å². The predicted molar refractivity (Wildman–Crippen MR) is 81.2 cm³/mol. The van der Waals surface area contributed by atoms with Crippen LogP contribution in [0.1, 0.15) is 16.1 Å². The first-order valence-corrected chi connectivity index (χ1v) is 7.00. The lowest BCUT2D eigenvalue weighted by Crippen LogP contribution is -2.47. The third-order valence-corrected chi connectivity index (χ3v) is 3.84. The molecule has 1 aliphatic rings. The Labute approximate surface area is 123 Å². The fourth-order valence-electron chi connectivity index (χ4n) is 2.72. The number of carboxylic acids is 1. The van der Waals surface area contributed by atoms with Gasteiger partial charge in [0.25, 0.3) is 0 Å². The number of rotatable bonds is 3. The smallest absolute Gasteiger partial charge is 0.341 e. The van der Waals surface area contributed by atoms with Gasteiger partial charge in [-0.05, 0) is 19.1 Å². The molecule has 0 atom stereocenters. The van der Waals surface area contributed by atoms with Gasteiger partial charge in [-0.25, -0.2) is 4.79 Å². The molecule has 2 N–H and O–H groups in total. The van der Waals surface area contributed by atoms with Crippen LogP contribution >= 0.6 is 0 Å². The number of nitrogens with zero attached hydrogens (tertiary/aromatic N) is 3. The van der Waals surface area contributed by atoms with Crippen molar-refractivity contribution in [2.45, 2.75) is 6.92 Å². The monoisotopic (exact) mass is 286 g/mol. The minimum atomic E-state index is -0.929. The molecule has 3 rings (SSSR count). The topological polar surface area (TPSA) is 72.5 Å². The predicted octanol–water partition coefficient (Wildman–Crippen LogP) is 1.74. The molecule has 0 radical (unpaired) electrons. The molecular formula is C15H18N4O2. The van der Waals surface area contributed by atoms with Gasteiger partial charge >= 0.3 is 5.97 Å². The van der Waals surface area contributed by atoms with Gasteiger partial charge in [0, 0.05) is 37.6 Å². The van der Waals surface area contributed by atoms with Crippen molar-refractivity contribution in [2.75, 3.05) is 36.0 Å². The highest BCUT2D eigenvalue weighted by atomic mass is 16.4. The molecule has 0 spiro atoms. The molecule has 0 saturated carbocycles. The van der Waals surface area contributed by atoms with Gasteiger partial charge in [-0.1, -0.05) is 18.2 Å². The summed E-state index contributed by atoms with van der Waals surface area (Å²) in [6, 6.07) is 10.3. The number of aromatic amines is 1. The van der Waals surface area contributed by atoms with E-state index in [0.29, 0.717) is 11.5 Å². The lowest BCUT2D eigenvalue weighted by Gasteiger charge is -2.36. The normalized spacial score (nSPS) is 15.3. The van der Waals surface area contributed by atoms with Gasteiger partial charge < -0.3 is 14.9 Å². The van der Waals surface area contributed by atoms with Crippen molar-refractivity contribution in [3.05, 3.63) is 41.6 Å². The van der Waals surface area contributed by atoms with Gasteiger partial charge in [0.15, 0.2) is 5.82 Å². The van der Waals surface area contributed by atoms with Crippen molar-refractivity contribution in [1.82, 2.24) is 10.2 Å². The first-order valence-electron chi connectivity index (χ1n) is 7.00. The summed E-state index contributed by atoms with van der Waals surface area (Å²) in [5, 5.41) is 16.2. The number of H-pyrrole nitrogens is 1. The van der Waals surface area contributed by atoms with Crippen LogP contribution in [0, 0.1) is 6.92 Å². The van der Waals surface area contributed by atoms with Crippen molar-refractivity contribution in [3.63, 3.8) is 0 Å². The molecule has 1 saturated heterocycles. The summed E-state index contributed by atoms with van der Waals surface area (Å²) in [5.74, 6) is -0.380. The number of para-hydroxylation sites is 1. The zero-order valence-corrected chi connectivity index (χ0v) is 11.9. The number of hydrogen-bond donors (Lipinski definition) is 2. The molecule has 1 aliphatic heterocycles. The highest BCUT2D eigenvalue weighted by molar-refractivity contribution is 5.94. The van der Waals surface area contributed by atoms with Crippen molar-refractivity contribution in [3.8, 4) is 0 Å². The molecular weight excluding hydrogens is 268 g/mol. The Morgan fingerprint density at radius 2 is 1.76 bits per heavy atom. The number of aryl methyl sites for hydroxylation is 1. The maximum Gasteiger partial charge on any atom is 0.341 e. The number of hydrogen-bond acceptors (Lipinski definition) is 4. The van der Waals surface area contributed by atoms with Gasteiger partial charge in [0.05, 0.1) is 0 Å². The third-order valence-electron chi connectivity index (χ3n) is 3.84. The molecule has 2 heterocycles. The molecule has 2 aromatic rings. The number of carbonyl (C=O) groups is 1. The highest BCUT2D eigenvalue weighted by Crippen LogP contribution is 2.23. The fraction of sp³-hybridized carbons (Fsp3) is 0.333. The molecule has 0 bridgehead atoms. The Kier molecular flexibility index (Phi) is 3.51. The number of nitrogens with one attached hydrogen (secondary N) is 1. The standard InChI is InChI=1S/C15H18N4O2/c1-11-13(15(20)21)14(17-16-11)19-9-7-18(8-10-19)12-5-3-2-4-6-12/h2-6H,7-10H2,1H3,(H,16,17)(H,20,21). The van der Waals surface area contributed by atoms with Gasteiger partial charge in [-0.2, -0.15) is 5.10 Å². The number of aromatic nitrogens is 2. The van der Waals surface area contributed by atoms with Gasteiger partial charge in [-0.3, -0.25) is 5.10 Å². The van der Waals surface area contributed by atoms with Crippen LogP contribution in [0.5, 0.6) is 0 Å². The van der Waals surface area contributed by atoms with Crippen LogP contribution in [-0.2, 0) is 0 Å². The molecule has 0 aliphatic carbocycles. The van der Waals surface area contributed by atoms with Gasteiger partial charge in [-0.15, -0.1) is 0 Å². The number of piperazine rings is 1. The van der Waals surface area contributed by atoms with Crippen molar-refractivity contribution in [2.24, 2.45) is 0 Å². The second kappa shape index (κ2) is 5.47. The van der Waals surface area contributed by atoms with Crippen LogP contribution in [0.25, 0.3) is 0 Å². The quantitative estimate of drug-likeness (QED) is 0.899. The van der Waals surface area contributed by atoms with E-state index in [-0.39, 0.29) is 5.56 Å². The molecule has 1 aromatic carbocycles. The van der Waals surface area contributed by atoms with E-state index < -0.39 is 5.97 Å². The van der Waals surface area contributed by atoms with Crippen LogP contribution in [0.3, 0.4) is 0 Å². The average molecular weight is 286 g/mol. The molecule has 1 aromatic heterocycles. The summed E-state index contributed by atoms with van der Waals surface area (Å²) < 4.78 is 0. The second-order valence-electron chi connectivity index (χ2n) is 5.16. The molecule has 21 heavy (non-hydrogen) atoms. The van der Waals surface area contributed by atoms with E-state index in [2.05, 4.69) is 27.2 Å². The van der Waals surface area contributed by atoms with E-state index in [1.807, 2.05) is 23.1 Å². The third kappa shape index (κ3) is 2.56. The maximum absolute atomic E-state index is 11.3. The summed E-state index contributed by atoms with van der Waals surface area (Å²) in [4.78, 5) is 15.7. The molecule has 0 unspecified atom stereocenters. The minimum absolute atomic E-state index is 0.281. The molecule has 0 amide bonds. The van der Waals surface area contributed by atoms with E-state index in [9.17, 15) is 9.90 Å². The fourth-order valence-corrected chi connectivity index (χ4v) is 2.72. The van der Waals surface area contributed by atoms with Crippen LogP contribution in [0.2, 0.25) is 0 Å². The van der Waals surface area contributed by atoms with E-state index in [0.717, 1.165) is 26.2 Å². The van der Waals surface area contributed by atoms with Gasteiger partial charge in [0.1, 0.15) is 5.56 Å². The van der Waals surface area contributed by atoms with Crippen molar-refractivity contribution < 1.29 is 9.90 Å². The first-order chi connectivity index (χ1) is 10.2. The molecule has 6 heteroatoms. The lowest BCUT2D eigenvalue weighted by atomic mass is 10.2. The van der Waals surface area contributed by atoms with E-state index in [1.165, 1.54) is 5.69 Å². The number of benzene rings is 1. The molecule has 6 nitrogen and oxygen atoms in total. The highest BCUT2D eigenvalue weighted by Gasteiger charge is 2.25. The Bertz CT molecular complexity index is 630. The van der Waals surface area contributed by atoms with Gasteiger partial charge in [0.2, 0.25) is 0 Å². The van der Waals surface area contributed by atoms with Crippen molar-refractivity contribution >= 4 is 17.5 Å². The summed E-state index contributed by atoms with van der Waals surface area (Å²) in [6.45, 7) is 4.98. The van der Waals surface area contributed by atoms with E-state index >= 15 is 0 Å². The Hall–Kier alpha value is -2.50. The zero-order valence-electron chi connectivity index (χ0n) is 11.9. The zero-order chi connectivity index (χ0) is 14.8. The van der Waals surface area contributed by atoms with Crippen LogP contribution in [-0.4, -0.2) is 47.5 Å². The Morgan fingerprint density at radius 1 is 1.14 bits per heavy atom. The average Bonchev–Trinajstić information content (AvgIpc) is 2.90. The Balaban J connectivity index is 1.73. The van der Waals surface area contributed by atoms with E-state index in [4.69, 9.17) is 0 Å². The summed E-state index contributed by atoms with van der Waals surface area (Å²) >= 11 is 0. The summed E-state index contributed by atoms with van der Waals surface area (Å²) in [5.41, 5.74) is 2.08. The van der Waals surface area contributed by atoms with Crippen LogP contribution < -0.4 is 9.80 Å².